The first-order valence-corrected chi connectivity index (χ1v) is 15.9. The number of hydrogen-bond donors (Lipinski definition) is 1. The molecule has 0 aliphatic carbocycles. The summed E-state index contributed by atoms with van der Waals surface area (Å²) in [6, 6.07) is 25.9. The second-order valence-electron chi connectivity index (χ2n) is 11.7. The number of carboxylic acids is 1. The van der Waals surface area contributed by atoms with E-state index in [1.54, 1.807) is 13.8 Å². The lowest BCUT2D eigenvalue weighted by molar-refractivity contribution is -0.146. The predicted octanol–water partition coefficient (Wildman–Crippen LogP) is 9.33. The van der Waals surface area contributed by atoms with E-state index in [2.05, 4.69) is 22.5 Å². The van der Waals surface area contributed by atoms with E-state index in [-0.39, 0.29) is 6.61 Å². The van der Waals surface area contributed by atoms with Crippen LogP contribution >= 0.6 is 35.0 Å². The smallest absolute Gasteiger partial charge is 0.309 e. The first-order valence-electron chi connectivity index (χ1n) is 14.3. The maximum absolute atomic E-state index is 12.2. The number of halogens is 2. The van der Waals surface area contributed by atoms with Gasteiger partial charge in [0.25, 0.3) is 0 Å². The van der Waals surface area contributed by atoms with Crippen molar-refractivity contribution in [3.05, 3.63) is 112 Å². The molecule has 43 heavy (non-hydrogen) atoms. The summed E-state index contributed by atoms with van der Waals surface area (Å²) in [7, 11) is 0. The van der Waals surface area contributed by atoms with E-state index in [9.17, 15) is 9.90 Å². The predicted molar refractivity (Wildman–Crippen MR) is 176 cm³/mol. The van der Waals surface area contributed by atoms with E-state index in [1.165, 1.54) is 0 Å². The molecule has 0 amide bonds. The van der Waals surface area contributed by atoms with Gasteiger partial charge in [0.05, 0.1) is 16.6 Å². The average molecular weight is 632 g/mol. The molecule has 0 saturated carbocycles. The Morgan fingerprint density at radius 1 is 1.05 bits per heavy atom. The Hall–Kier alpha value is -3.45. The van der Waals surface area contributed by atoms with Gasteiger partial charge >= 0.3 is 5.97 Å². The molecule has 0 radical (unpaired) electrons. The molecule has 8 heteroatoms. The van der Waals surface area contributed by atoms with Gasteiger partial charge < -0.3 is 14.4 Å². The van der Waals surface area contributed by atoms with Gasteiger partial charge in [-0.2, -0.15) is 0 Å². The number of hydrogen-bond acceptors (Lipinski definition) is 4. The van der Waals surface area contributed by atoms with Gasteiger partial charge in [-0.15, -0.1) is 11.8 Å². The number of pyridine rings is 1. The maximum Gasteiger partial charge on any atom is 0.309 e. The number of ether oxygens (including phenoxy) is 1. The minimum absolute atomic E-state index is 0.286. The lowest BCUT2D eigenvalue weighted by atomic mass is 9.87. The summed E-state index contributed by atoms with van der Waals surface area (Å²) in [4.78, 5) is 18.0. The first kappa shape index (κ1) is 29.6. The molecular weight excluding hydrogens is 599 g/mol. The molecule has 1 N–H and O–H groups in total. The van der Waals surface area contributed by atoms with Crippen molar-refractivity contribution < 1.29 is 14.6 Å². The third-order valence-electron chi connectivity index (χ3n) is 7.97. The number of aliphatic carboxylic acids is 1. The number of carbonyl (C=O) groups is 1. The van der Waals surface area contributed by atoms with Gasteiger partial charge in [0.2, 0.25) is 0 Å². The van der Waals surface area contributed by atoms with Gasteiger partial charge in [0.15, 0.2) is 0 Å². The zero-order chi connectivity index (χ0) is 30.3. The Morgan fingerprint density at radius 2 is 1.79 bits per heavy atom. The van der Waals surface area contributed by atoms with E-state index in [1.807, 2.05) is 84.6 Å². The zero-order valence-electron chi connectivity index (χ0n) is 24.2. The van der Waals surface area contributed by atoms with Crippen LogP contribution in [0.1, 0.15) is 43.3 Å². The minimum atomic E-state index is -0.930. The lowest BCUT2D eigenvalue weighted by Crippen LogP contribution is -2.28. The SMILES string of the molecule is CC1Cc2c(OCc3ccc(-c4ccccc4)c(Cl)n3)ccc3c2c(c(CC(C)(C)C(=O)O)n3Cc2ccc(Cl)cc2)S1. The third-order valence-corrected chi connectivity index (χ3v) is 9.76. The monoisotopic (exact) mass is 630 g/mol. The molecule has 1 aliphatic rings. The van der Waals surface area contributed by atoms with Crippen LogP contribution in [0, 0.1) is 5.41 Å². The van der Waals surface area contributed by atoms with Gasteiger partial charge in [0.1, 0.15) is 17.5 Å². The van der Waals surface area contributed by atoms with Crippen molar-refractivity contribution in [2.45, 2.75) is 56.9 Å². The summed E-state index contributed by atoms with van der Waals surface area (Å²) in [5.41, 5.74) is 6.09. The largest absolute Gasteiger partial charge is 0.487 e. The van der Waals surface area contributed by atoms with Crippen molar-refractivity contribution >= 4 is 51.8 Å². The molecule has 3 heterocycles. The van der Waals surface area contributed by atoms with Crippen LogP contribution in [-0.4, -0.2) is 25.9 Å². The molecule has 0 fully saturated rings. The van der Waals surface area contributed by atoms with Crippen molar-refractivity contribution in [1.82, 2.24) is 9.55 Å². The summed E-state index contributed by atoms with van der Waals surface area (Å²) < 4.78 is 8.71. The van der Waals surface area contributed by atoms with Gasteiger partial charge in [-0.3, -0.25) is 4.79 Å². The molecule has 1 aliphatic heterocycles. The van der Waals surface area contributed by atoms with Crippen molar-refractivity contribution in [3.63, 3.8) is 0 Å². The molecule has 0 saturated heterocycles. The average Bonchev–Trinajstić information content (AvgIpc) is 3.26. The minimum Gasteiger partial charge on any atom is -0.487 e. The highest BCUT2D eigenvalue weighted by Crippen LogP contribution is 2.48. The van der Waals surface area contributed by atoms with E-state index in [4.69, 9.17) is 27.9 Å². The zero-order valence-corrected chi connectivity index (χ0v) is 26.6. The van der Waals surface area contributed by atoms with Crippen LogP contribution in [0.5, 0.6) is 5.75 Å². The second kappa shape index (κ2) is 11.9. The maximum atomic E-state index is 12.2. The van der Waals surface area contributed by atoms with E-state index in [0.717, 1.165) is 61.6 Å². The normalized spacial score (nSPS) is 14.7. The second-order valence-corrected chi connectivity index (χ2v) is 14.0. The Bertz CT molecular complexity index is 1820. The number of rotatable bonds is 9. The highest BCUT2D eigenvalue weighted by Gasteiger charge is 2.34. The fraction of sp³-hybridized carbons (Fsp3) is 0.257. The summed E-state index contributed by atoms with van der Waals surface area (Å²) in [5.74, 6) is 0.00388. The van der Waals surface area contributed by atoms with Gasteiger partial charge in [-0.1, -0.05) is 72.6 Å². The highest BCUT2D eigenvalue weighted by atomic mass is 35.5. The van der Waals surface area contributed by atoms with Crippen molar-refractivity contribution in [1.29, 1.82) is 0 Å². The van der Waals surface area contributed by atoms with Crippen LogP contribution in [0.3, 0.4) is 0 Å². The van der Waals surface area contributed by atoms with Crippen molar-refractivity contribution in [2.75, 3.05) is 0 Å². The van der Waals surface area contributed by atoms with E-state index in [0.29, 0.717) is 28.4 Å². The quantitative estimate of drug-likeness (QED) is 0.164. The highest BCUT2D eigenvalue weighted by molar-refractivity contribution is 8.00. The molecule has 5 aromatic rings. The van der Waals surface area contributed by atoms with Crippen LogP contribution in [0.4, 0.5) is 0 Å². The molecule has 1 atom stereocenters. The number of carboxylic acid groups (broad SMARTS) is 1. The molecule has 1 unspecified atom stereocenters. The van der Waals surface area contributed by atoms with Gasteiger partial charge in [-0.25, -0.2) is 4.98 Å². The molecule has 0 bridgehead atoms. The van der Waals surface area contributed by atoms with Crippen LogP contribution in [0.25, 0.3) is 22.0 Å². The summed E-state index contributed by atoms with van der Waals surface area (Å²) in [6.07, 6.45) is 1.25. The van der Waals surface area contributed by atoms with Crippen LogP contribution in [-0.2, 0) is 30.8 Å². The fourth-order valence-corrected chi connectivity index (χ4v) is 7.38. The molecule has 6 rings (SSSR count). The van der Waals surface area contributed by atoms with Crippen LogP contribution in [0.15, 0.2) is 83.8 Å². The first-order chi connectivity index (χ1) is 20.6. The molecule has 2 aromatic heterocycles. The topological polar surface area (TPSA) is 64.3 Å². The number of benzene rings is 3. The standard InChI is InChI=1S/C35H32Cl2N2O3S/c1-21-17-27-30(42-20-25-13-14-26(33(37)38-25)23-7-5-4-6-8-23)16-15-28-31(27)32(43-21)29(18-35(2,3)34(40)41)39(28)19-22-9-11-24(36)12-10-22/h4-16,21H,17-20H2,1-3H3,(H,40,41). The Kier molecular flexibility index (Phi) is 8.20. The van der Waals surface area contributed by atoms with Crippen molar-refractivity contribution in [2.24, 2.45) is 5.41 Å². The van der Waals surface area contributed by atoms with Gasteiger partial charge in [-0.05, 0) is 67.8 Å². The Morgan fingerprint density at radius 3 is 2.49 bits per heavy atom. The Balaban J connectivity index is 1.39. The number of thioether (sulfide) groups is 1. The van der Waals surface area contributed by atoms with Crippen molar-refractivity contribution in [3.8, 4) is 16.9 Å². The lowest BCUT2D eigenvalue weighted by Gasteiger charge is -2.24. The number of aromatic nitrogens is 2. The molecular formula is C35H32Cl2N2O3S. The van der Waals surface area contributed by atoms with Gasteiger partial charge in [0, 0.05) is 50.3 Å². The molecule has 3 aromatic carbocycles. The molecule has 5 nitrogen and oxygen atoms in total. The van der Waals surface area contributed by atoms with E-state index < -0.39 is 11.4 Å². The fourth-order valence-electron chi connectivity index (χ4n) is 5.66. The van der Waals surface area contributed by atoms with Crippen LogP contribution < -0.4 is 4.74 Å². The third kappa shape index (κ3) is 6.01. The van der Waals surface area contributed by atoms with E-state index >= 15 is 0 Å². The molecule has 220 valence electrons. The molecule has 0 spiro atoms. The number of nitrogens with zero attached hydrogens (tertiary/aromatic N) is 2. The Labute approximate surface area is 265 Å². The summed E-state index contributed by atoms with van der Waals surface area (Å²) in [6.45, 7) is 6.69. The summed E-state index contributed by atoms with van der Waals surface area (Å²) >= 11 is 14.6. The van der Waals surface area contributed by atoms with Crippen LogP contribution in [0.2, 0.25) is 10.2 Å². The summed E-state index contributed by atoms with van der Waals surface area (Å²) in [5, 5.41) is 12.6.